The number of carbonyl (C=O) groups is 1. The van der Waals surface area contributed by atoms with Crippen LogP contribution in [0.3, 0.4) is 0 Å². The van der Waals surface area contributed by atoms with Crippen molar-refractivity contribution in [2.45, 2.75) is 40.5 Å². The van der Waals surface area contributed by atoms with E-state index in [1.165, 1.54) is 6.42 Å². The first kappa shape index (κ1) is 11.2. The summed E-state index contributed by atoms with van der Waals surface area (Å²) in [6.07, 6.45) is 7.94. The lowest BCUT2D eigenvalue weighted by Crippen LogP contribution is -2.25. The molecule has 1 atom stereocenters. The van der Waals surface area contributed by atoms with Crippen molar-refractivity contribution in [2.24, 2.45) is 11.3 Å². The van der Waals surface area contributed by atoms with Gasteiger partial charge < -0.3 is 0 Å². The summed E-state index contributed by atoms with van der Waals surface area (Å²) in [5.41, 5.74) is 1.05. The van der Waals surface area contributed by atoms with Crippen molar-refractivity contribution in [3.05, 3.63) is 23.8 Å². The Balaban J connectivity index is 2.97. The van der Waals surface area contributed by atoms with Crippen LogP contribution in [-0.2, 0) is 4.79 Å². The minimum Gasteiger partial charge on any atom is -0.290 e. The Hall–Kier alpha value is -0.850. The Labute approximate surface area is 86.9 Å². The first-order chi connectivity index (χ1) is 6.47. The van der Waals surface area contributed by atoms with E-state index >= 15 is 0 Å². The summed E-state index contributed by atoms with van der Waals surface area (Å²) in [5, 5.41) is 0. The molecule has 1 rings (SSSR count). The molecule has 0 saturated heterocycles. The fourth-order valence-electron chi connectivity index (χ4n) is 1.97. The molecule has 0 saturated carbocycles. The zero-order valence-corrected chi connectivity index (χ0v) is 9.63. The fourth-order valence-corrected chi connectivity index (χ4v) is 1.97. The van der Waals surface area contributed by atoms with E-state index in [-0.39, 0.29) is 11.2 Å². The highest BCUT2D eigenvalue weighted by Gasteiger charge is 2.31. The Morgan fingerprint density at radius 2 is 2.21 bits per heavy atom. The molecule has 0 heterocycles. The number of allylic oxidation sites excluding steroid dienone is 4. The zero-order valence-electron chi connectivity index (χ0n) is 9.63. The van der Waals surface area contributed by atoms with Gasteiger partial charge in [-0.25, -0.2) is 0 Å². The third-order valence-electron chi connectivity index (χ3n) is 2.99. The number of carbonyl (C=O) groups excluding carboxylic acids is 1. The molecule has 14 heavy (non-hydrogen) atoms. The summed E-state index contributed by atoms with van der Waals surface area (Å²) in [5.74, 6) is 0.733. The number of hydrogen-bond acceptors (Lipinski definition) is 1. The third-order valence-corrected chi connectivity index (χ3v) is 2.99. The topological polar surface area (TPSA) is 17.1 Å². The molecule has 0 radical (unpaired) electrons. The van der Waals surface area contributed by atoms with Crippen LogP contribution in [0.1, 0.15) is 40.5 Å². The van der Waals surface area contributed by atoms with Crippen LogP contribution in [-0.4, -0.2) is 5.78 Å². The molecule has 0 aromatic carbocycles. The van der Waals surface area contributed by atoms with Gasteiger partial charge >= 0.3 is 0 Å². The Kier molecular flexibility index (Phi) is 3.30. The van der Waals surface area contributed by atoms with Crippen molar-refractivity contribution in [3.63, 3.8) is 0 Å². The molecule has 1 nitrogen and oxygen atoms in total. The van der Waals surface area contributed by atoms with Crippen LogP contribution in [0.5, 0.6) is 0 Å². The molecule has 0 N–H and O–H groups in total. The Bertz CT molecular complexity index is 282. The fraction of sp³-hybridized carbons (Fsp3) is 0.615. The normalized spacial score (nSPS) is 26.3. The summed E-state index contributed by atoms with van der Waals surface area (Å²) in [6, 6.07) is 0. The highest BCUT2D eigenvalue weighted by Crippen LogP contribution is 2.39. The average Bonchev–Trinajstić information content (AvgIpc) is 2.10. The monoisotopic (exact) mass is 192 g/mol. The molecule has 1 unspecified atom stereocenters. The summed E-state index contributed by atoms with van der Waals surface area (Å²) < 4.78 is 0. The minimum absolute atomic E-state index is 0.0586. The van der Waals surface area contributed by atoms with Crippen molar-refractivity contribution in [3.8, 4) is 0 Å². The van der Waals surface area contributed by atoms with E-state index in [0.717, 1.165) is 12.0 Å². The van der Waals surface area contributed by atoms with E-state index in [2.05, 4.69) is 26.8 Å². The van der Waals surface area contributed by atoms with Crippen LogP contribution in [0.2, 0.25) is 0 Å². The van der Waals surface area contributed by atoms with Crippen LogP contribution in [0.4, 0.5) is 0 Å². The molecule has 0 fully saturated rings. The van der Waals surface area contributed by atoms with E-state index in [9.17, 15) is 4.79 Å². The van der Waals surface area contributed by atoms with Crippen molar-refractivity contribution < 1.29 is 4.79 Å². The summed E-state index contributed by atoms with van der Waals surface area (Å²) in [4.78, 5) is 11.8. The molecule has 0 aromatic heterocycles. The van der Waals surface area contributed by atoms with Crippen LogP contribution in [0, 0.1) is 11.3 Å². The molecular formula is C13H20O. The van der Waals surface area contributed by atoms with Gasteiger partial charge in [0, 0.05) is 5.57 Å². The lowest BCUT2D eigenvalue weighted by Gasteiger charge is -2.32. The predicted octanol–water partition coefficient (Wildman–Crippen LogP) is 3.51. The predicted molar refractivity (Wildman–Crippen MR) is 60.1 cm³/mol. The second-order valence-electron chi connectivity index (χ2n) is 4.84. The van der Waals surface area contributed by atoms with Crippen molar-refractivity contribution in [2.75, 3.05) is 0 Å². The lowest BCUT2D eigenvalue weighted by atomic mass is 9.71. The van der Waals surface area contributed by atoms with Gasteiger partial charge in [-0.15, -0.1) is 0 Å². The first-order valence-electron chi connectivity index (χ1n) is 5.36. The largest absolute Gasteiger partial charge is 0.290 e. The molecule has 78 valence electrons. The molecule has 1 heteroatoms. The van der Waals surface area contributed by atoms with Gasteiger partial charge in [0.15, 0.2) is 5.78 Å². The molecule has 0 spiro atoms. The molecule has 0 bridgehead atoms. The maximum Gasteiger partial charge on any atom is 0.181 e. The minimum atomic E-state index is 0.0586. The van der Waals surface area contributed by atoms with Gasteiger partial charge in [-0.05, 0) is 37.2 Å². The molecule has 1 aliphatic carbocycles. The van der Waals surface area contributed by atoms with E-state index in [0.29, 0.717) is 5.92 Å². The molecule has 0 aliphatic heterocycles. The van der Waals surface area contributed by atoms with Crippen LogP contribution in [0.25, 0.3) is 0 Å². The Morgan fingerprint density at radius 3 is 2.79 bits per heavy atom. The van der Waals surface area contributed by atoms with Crippen molar-refractivity contribution in [1.82, 2.24) is 0 Å². The lowest BCUT2D eigenvalue weighted by molar-refractivity contribution is -0.112. The molecule has 0 aromatic rings. The van der Waals surface area contributed by atoms with Gasteiger partial charge in [-0.1, -0.05) is 32.9 Å². The average molecular weight is 192 g/mol. The van der Waals surface area contributed by atoms with Gasteiger partial charge in [0.25, 0.3) is 0 Å². The second-order valence-corrected chi connectivity index (χ2v) is 4.84. The van der Waals surface area contributed by atoms with Gasteiger partial charge in [0.2, 0.25) is 0 Å². The molecule has 1 aliphatic rings. The summed E-state index contributed by atoms with van der Waals surface area (Å²) in [6.45, 7) is 8.38. The van der Waals surface area contributed by atoms with Crippen LogP contribution in [0.15, 0.2) is 23.8 Å². The third kappa shape index (κ3) is 2.34. The van der Waals surface area contributed by atoms with Gasteiger partial charge in [-0.2, -0.15) is 0 Å². The van der Waals surface area contributed by atoms with Crippen molar-refractivity contribution >= 4 is 5.78 Å². The highest BCUT2D eigenvalue weighted by molar-refractivity contribution is 6.04. The van der Waals surface area contributed by atoms with Gasteiger partial charge in [-0.3, -0.25) is 4.79 Å². The number of ketones is 1. The van der Waals surface area contributed by atoms with E-state index in [4.69, 9.17) is 0 Å². The number of rotatable bonds is 2. The standard InChI is InChI=1S/C13H20O/c1-5-6-12(14)11-9-10(2)7-8-13(11,3)4/h5-6,9-10H,7-8H2,1-4H3/b6-5+. The summed E-state index contributed by atoms with van der Waals surface area (Å²) in [7, 11) is 0. The highest BCUT2D eigenvalue weighted by atomic mass is 16.1. The Morgan fingerprint density at radius 1 is 1.57 bits per heavy atom. The molecule has 0 amide bonds. The van der Waals surface area contributed by atoms with E-state index in [1.807, 2.05) is 13.0 Å². The van der Waals surface area contributed by atoms with E-state index < -0.39 is 0 Å². The quantitative estimate of drug-likeness (QED) is 0.612. The number of hydrogen-bond donors (Lipinski definition) is 0. The second kappa shape index (κ2) is 4.12. The van der Waals surface area contributed by atoms with E-state index in [1.54, 1.807) is 6.08 Å². The summed E-state index contributed by atoms with van der Waals surface area (Å²) >= 11 is 0. The molecular weight excluding hydrogens is 172 g/mol. The van der Waals surface area contributed by atoms with Crippen LogP contribution >= 0.6 is 0 Å². The van der Waals surface area contributed by atoms with Crippen LogP contribution < -0.4 is 0 Å². The smallest absolute Gasteiger partial charge is 0.181 e. The van der Waals surface area contributed by atoms with Crippen molar-refractivity contribution in [1.29, 1.82) is 0 Å². The van der Waals surface area contributed by atoms with Gasteiger partial charge in [0.05, 0.1) is 0 Å². The first-order valence-corrected chi connectivity index (χ1v) is 5.36. The SMILES string of the molecule is C/C=C/C(=O)C1=CC(C)CCC1(C)C. The maximum absolute atomic E-state index is 11.8. The maximum atomic E-state index is 11.8. The van der Waals surface area contributed by atoms with Gasteiger partial charge in [0.1, 0.15) is 0 Å². The zero-order chi connectivity index (χ0) is 10.8.